The average Bonchev–Trinajstić information content (AvgIpc) is 2.52. The standard InChI is InChI=1S/C17H21N3O2/c1-12(15-5-4-6-16(9-15)20-13(2)21)18-10-14-7-8-17(22-3)19-11-14/h4-9,11-12,18H,10H2,1-3H3,(H,20,21). The molecule has 1 unspecified atom stereocenters. The Morgan fingerprint density at radius 3 is 2.77 bits per heavy atom. The molecule has 1 heterocycles. The molecule has 5 nitrogen and oxygen atoms in total. The van der Waals surface area contributed by atoms with E-state index in [0.717, 1.165) is 16.8 Å². The van der Waals surface area contributed by atoms with Gasteiger partial charge in [-0.25, -0.2) is 4.98 Å². The number of carbonyl (C=O) groups excluding carboxylic acids is 1. The molecule has 0 aliphatic heterocycles. The fourth-order valence-electron chi connectivity index (χ4n) is 2.11. The number of nitrogens with zero attached hydrogens (tertiary/aromatic N) is 1. The van der Waals surface area contributed by atoms with Crippen molar-refractivity contribution >= 4 is 11.6 Å². The summed E-state index contributed by atoms with van der Waals surface area (Å²) in [5, 5.41) is 6.24. The van der Waals surface area contributed by atoms with Crippen LogP contribution in [0.2, 0.25) is 0 Å². The van der Waals surface area contributed by atoms with Crippen molar-refractivity contribution in [2.24, 2.45) is 0 Å². The van der Waals surface area contributed by atoms with Gasteiger partial charge in [-0.2, -0.15) is 0 Å². The van der Waals surface area contributed by atoms with Gasteiger partial charge in [-0.05, 0) is 30.2 Å². The largest absolute Gasteiger partial charge is 0.481 e. The monoisotopic (exact) mass is 299 g/mol. The lowest BCUT2D eigenvalue weighted by molar-refractivity contribution is -0.114. The lowest BCUT2D eigenvalue weighted by atomic mass is 10.1. The number of nitrogens with one attached hydrogen (secondary N) is 2. The van der Waals surface area contributed by atoms with Crippen LogP contribution in [0.25, 0.3) is 0 Å². The number of ether oxygens (including phenoxy) is 1. The Kier molecular flexibility index (Phi) is 5.49. The molecule has 1 aromatic heterocycles. The van der Waals surface area contributed by atoms with Gasteiger partial charge in [0.05, 0.1) is 7.11 Å². The molecule has 2 rings (SSSR count). The fourth-order valence-corrected chi connectivity index (χ4v) is 2.11. The second-order valence-corrected chi connectivity index (χ2v) is 5.12. The summed E-state index contributed by atoms with van der Waals surface area (Å²) in [5.74, 6) is 0.543. The number of amides is 1. The molecule has 1 atom stereocenters. The first-order valence-electron chi connectivity index (χ1n) is 7.18. The first-order valence-corrected chi connectivity index (χ1v) is 7.18. The van der Waals surface area contributed by atoms with Crippen LogP contribution in [0, 0.1) is 0 Å². The highest BCUT2D eigenvalue weighted by atomic mass is 16.5. The van der Waals surface area contributed by atoms with Crippen LogP contribution < -0.4 is 15.4 Å². The van der Waals surface area contributed by atoms with Gasteiger partial charge in [0.2, 0.25) is 11.8 Å². The van der Waals surface area contributed by atoms with Crippen LogP contribution in [0.15, 0.2) is 42.6 Å². The number of hydrogen-bond donors (Lipinski definition) is 2. The Morgan fingerprint density at radius 2 is 2.14 bits per heavy atom. The van der Waals surface area contributed by atoms with Crippen LogP contribution >= 0.6 is 0 Å². The van der Waals surface area contributed by atoms with Gasteiger partial charge in [-0.15, -0.1) is 0 Å². The van der Waals surface area contributed by atoms with Crippen LogP contribution in [0.4, 0.5) is 5.69 Å². The maximum atomic E-state index is 11.1. The highest BCUT2D eigenvalue weighted by Crippen LogP contribution is 2.18. The van der Waals surface area contributed by atoms with E-state index in [1.165, 1.54) is 6.92 Å². The Balaban J connectivity index is 1.96. The summed E-state index contributed by atoms with van der Waals surface area (Å²) in [4.78, 5) is 15.3. The van der Waals surface area contributed by atoms with E-state index in [-0.39, 0.29) is 11.9 Å². The van der Waals surface area contributed by atoms with Crippen LogP contribution in [-0.2, 0) is 11.3 Å². The van der Waals surface area contributed by atoms with E-state index in [2.05, 4.69) is 22.5 Å². The van der Waals surface area contributed by atoms with Gasteiger partial charge in [0.15, 0.2) is 0 Å². The molecule has 0 aliphatic carbocycles. The minimum absolute atomic E-state index is 0.0675. The van der Waals surface area contributed by atoms with Gasteiger partial charge >= 0.3 is 0 Å². The topological polar surface area (TPSA) is 63.2 Å². The molecule has 0 aliphatic rings. The molecular formula is C17H21N3O2. The van der Waals surface area contributed by atoms with Crippen LogP contribution in [0.1, 0.15) is 31.0 Å². The maximum Gasteiger partial charge on any atom is 0.221 e. The number of hydrogen-bond acceptors (Lipinski definition) is 4. The lowest BCUT2D eigenvalue weighted by Gasteiger charge is -2.15. The lowest BCUT2D eigenvalue weighted by Crippen LogP contribution is -2.18. The minimum Gasteiger partial charge on any atom is -0.481 e. The van der Waals surface area contributed by atoms with Crippen LogP contribution in [-0.4, -0.2) is 18.0 Å². The number of carbonyl (C=O) groups is 1. The zero-order chi connectivity index (χ0) is 15.9. The summed E-state index contributed by atoms with van der Waals surface area (Å²) >= 11 is 0. The highest BCUT2D eigenvalue weighted by molar-refractivity contribution is 5.88. The predicted molar refractivity (Wildman–Crippen MR) is 86.8 cm³/mol. The maximum absolute atomic E-state index is 11.1. The number of pyridine rings is 1. The van der Waals surface area contributed by atoms with E-state index in [1.807, 2.05) is 36.4 Å². The summed E-state index contributed by atoms with van der Waals surface area (Å²) in [6.45, 7) is 4.30. The van der Waals surface area contributed by atoms with Gasteiger partial charge < -0.3 is 15.4 Å². The molecule has 5 heteroatoms. The number of anilines is 1. The Bertz CT molecular complexity index is 626. The van der Waals surface area contributed by atoms with Crippen molar-refractivity contribution in [2.75, 3.05) is 12.4 Å². The highest BCUT2D eigenvalue weighted by Gasteiger charge is 2.06. The van der Waals surface area contributed by atoms with Crippen LogP contribution in [0.5, 0.6) is 5.88 Å². The van der Waals surface area contributed by atoms with E-state index in [1.54, 1.807) is 13.3 Å². The van der Waals surface area contributed by atoms with Crippen molar-refractivity contribution in [3.8, 4) is 5.88 Å². The van der Waals surface area contributed by atoms with E-state index in [9.17, 15) is 4.79 Å². The fraction of sp³-hybridized carbons (Fsp3) is 0.294. The third-order valence-electron chi connectivity index (χ3n) is 3.33. The predicted octanol–water partition coefficient (Wildman–Crippen LogP) is 2.90. The van der Waals surface area contributed by atoms with Gasteiger partial charge in [0, 0.05) is 37.5 Å². The van der Waals surface area contributed by atoms with Crippen molar-refractivity contribution in [1.29, 1.82) is 0 Å². The summed E-state index contributed by atoms with van der Waals surface area (Å²) in [5.41, 5.74) is 3.02. The average molecular weight is 299 g/mol. The summed E-state index contributed by atoms with van der Waals surface area (Å²) < 4.78 is 5.04. The summed E-state index contributed by atoms with van der Waals surface area (Å²) in [7, 11) is 1.60. The van der Waals surface area contributed by atoms with Crippen molar-refractivity contribution in [3.05, 3.63) is 53.7 Å². The molecule has 0 saturated heterocycles. The molecule has 0 radical (unpaired) electrons. The Hall–Kier alpha value is -2.40. The van der Waals surface area contributed by atoms with Gasteiger partial charge in [0.1, 0.15) is 0 Å². The molecule has 2 aromatic rings. The van der Waals surface area contributed by atoms with Gasteiger partial charge in [0.25, 0.3) is 0 Å². The number of benzene rings is 1. The zero-order valence-corrected chi connectivity index (χ0v) is 13.1. The molecule has 0 saturated carbocycles. The molecule has 2 N–H and O–H groups in total. The number of rotatable bonds is 6. The Labute approximate surface area is 130 Å². The second kappa shape index (κ2) is 7.56. The molecule has 0 bridgehead atoms. The van der Waals surface area contributed by atoms with Gasteiger partial charge in [-0.1, -0.05) is 18.2 Å². The van der Waals surface area contributed by atoms with E-state index >= 15 is 0 Å². The molecule has 0 fully saturated rings. The Morgan fingerprint density at radius 1 is 1.32 bits per heavy atom. The quantitative estimate of drug-likeness (QED) is 0.861. The minimum atomic E-state index is -0.0675. The molecule has 1 amide bonds. The first-order chi connectivity index (χ1) is 10.6. The van der Waals surface area contributed by atoms with E-state index < -0.39 is 0 Å². The smallest absolute Gasteiger partial charge is 0.221 e. The zero-order valence-electron chi connectivity index (χ0n) is 13.1. The van der Waals surface area contributed by atoms with Gasteiger partial charge in [-0.3, -0.25) is 4.79 Å². The first kappa shape index (κ1) is 16.0. The third-order valence-corrected chi connectivity index (χ3v) is 3.33. The van der Waals surface area contributed by atoms with Crippen LogP contribution in [0.3, 0.4) is 0 Å². The molecule has 1 aromatic carbocycles. The van der Waals surface area contributed by atoms with Crippen molar-refractivity contribution in [3.63, 3.8) is 0 Å². The second-order valence-electron chi connectivity index (χ2n) is 5.12. The summed E-state index contributed by atoms with van der Waals surface area (Å²) in [6.07, 6.45) is 1.80. The molecular weight excluding hydrogens is 278 g/mol. The summed E-state index contributed by atoms with van der Waals surface area (Å²) in [6, 6.07) is 11.8. The third kappa shape index (κ3) is 4.56. The normalized spacial score (nSPS) is 11.8. The van der Waals surface area contributed by atoms with Crippen molar-refractivity contribution in [1.82, 2.24) is 10.3 Å². The molecule has 0 spiro atoms. The SMILES string of the molecule is COc1ccc(CNC(C)c2cccc(NC(C)=O)c2)cn1. The van der Waals surface area contributed by atoms with E-state index in [0.29, 0.717) is 12.4 Å². The van der Waals surface area contributed by atoms with Crippen molar-refractivity contribution < 1.29 is 9.53 Å². The van der Waals surface area contributed by atoms with Crippen molar-refractivity contribution in [2.45, 2.75) is 26.4 Å². The number of aromatic nitrogens is 1. The van der Waals surface area contributed by atoms with E-state index in [4.69, 9.17) is 4.74 Å². The number of methoxy groups -OCH3 is 1. The molecule has 22 heavy (non-hydrogen) atoms. The molecule has 116 valence electrons.